The standard InChI is InChI=1S/C21H24ClN5O/c1-14(2)11-26-13-18(6-7-20(26)28)27-12-15(9-24-27)21-19(22)8-17(10-23-21)25-16-4-3-5-16/h6-10,12-14,16,25H,3-5,11H2,1-2H3. The number of anilines is 1. The minimum absolute atomic E-state index is 0.0101. The van der Waals surface area contributed by atoms with E-state index in [0.29, 0.717) is 29.2 Å². The molecule has 1 aliphatic carbocycles. The predicted octanol–water partition coefficient (Wildman–Crippen LogP) is 4.37. The van der Waals surface area contributed by atoms with Crippen LogP contribution in [0.5, 0.6) is 0 Å². The van der Waals surface area contributed by atoms with E-state index in [4.69, 9.17) is 11.6 Å². The van der Waals surface area contributed by atoms with E-state index in [1.165, 1.54) is 19.3 Å². The average Bonchev–Trinajstić information content (AvgIpc) is 3.09. The van der Waals surface area contributed by atoms with E-state index in [1.807, 2.05) is 24.7 Å². The third kappa shape index (κ3) is 3.97. The highest BCUT2D eigenvalue weighted by Gasteiger charge is 2.18. The van der Waals surface area contributed by atoms with Crippen molar-refractivity contribution in [3.8, 4) is 16.9 Å². The van der Waals surface area contributed by atoms with E-state index >= 15 is 0 Å². The maximum atomic E-state index is 12.0. The molecule has 0 bridgehead atoms. The summed E-state index contributed by atoms with van der Waals surface area (Å²) in [6.07, 6.45) is 11.0. The molecule has 6 nitrogen and oxygen atoms in total. The third-order valence-corrected chi connectivity index (χ3v) is 5.26. The number of halogens is 1. The predicted molar refractivity (Wildman–Crippen MR) is 112 cm³/mol. The van der Waals surface area contributed by atoms with Crippen LogP contribution in [0.15, 0.2) is 47.8 Å². The second kappa shape index (κ2) is 7.80. The fourth-order valence-electron chi connectivity index (χ4n) is 3.29. The Labute approximate surface area is 169 Å². The quantitative estimate of drug-likeness (QED) is 0.670. The Bertz CT molecular complexity index is 1040. The monoisotopic (exact) mass is 397 g/mol. The Morgan fingerprint density at radius 3 is 2.75 bits per heavy atom. The van der Waals surface area contributed by atoms with Crippen molar-refractivity contribution in [1.29, 1.82) is 0 Å². The Morgan fingerprint density at radius 2 is 2.07 bits per heavy atom. The second-order valence-electron chi connectivity index (χ2n) is 7.77. The van der Waals surface area contributed by atoms with Gasteiger partial charge < -0.3 is 9.88 Å². The van der Waals surface area contributed by atoms with E-state index in [1.54, 1.807) is 27.6 Å². The Kier molecular flexibility index (Phi) is 5.22. The summed E-state index contributed by atoms with van der Waals surface area (Å²) in [5.41, 5.74) is 3.30. The number of hydrogen-bond donors (Lipinski definition) is 1. The van der Waals surface area contributed by atoms with Crippen molar-refractivity contribution >= 4 is 17.3 Å². The number of aromatic nitrogens is 4. The van der Waals surface area contributed by atoms with Gasteiger partial charge >= 0.3 is 0 Å². The van der Waals surface area contributed by atoms with Crippen LogP contribution < -0.4 is 10.9 Å². The van der Waals surface area contributed by atoms with Crippen molar-refractivity contribution in [2.75, 3.05) is 5.32 Å². The van der Waals surface area contributed by atoms with Crippen LogP contribution in [0, 0.1) is 5.92 Å². The van der Waals surface area contributed by atoms with Gasteiger partial charge in [0.15, 0.2) is 0 Å². The summed E-state index contributed by atoms with van der Waals surface area (Å²) in [5, 5.41) is 8.48. The van der Waals surface area contributed by atoms with Crippen molar-refractivity contribution in [2.24, 2.45) is 5.92 Å². The van der Waals surface area contributed by atoms with Gasteiger partial charge in [-0.3, -0.25) is 9.78 Å². The normalized spacial score (nSPS) is 14.3. The number of nitrogens with zero attached hydrogens (tertiary/aromatic N) is 4. The summed E-state index contributed by atoms with van der Waals surface area (Å²) >= 11 is 6.48. The molecule has 0 aromatic carbocycles. The van der Waals surface area contributed by atoms with Crippen LogP contribution in [0.4, 0.5) is 5.69 Å². The molecule has 1 saturated carbocycles. The summed E-state index contributed by atoms with van der Waals surface area (Å²) < 4.78 is 3.46. The topological polar surface area (TPSA) is 64.7 Å². The van der Waals surface area contributed by atoms with Crippen molar-refractivity contribution in [1.82, 2.24) is 19.3 Å². The molecule has 1 fully saturated rings. The summed E-state index contributed by atoms with van der Waals surface area (Å²) in [7, 11) is 0. The minimum atomic E-state index is -0.0101. The molecular formula is C21H24ClN5O. The third-order valence-electron chi connectivity index (χ3n) is 4.97. The molecule has 0 atom stereocenters. The van der Waals surface area contributed by atoms with E-state index in [9.17, 15) is 4.79 Å². The number of nitrogens with one attached hydrogen (secondary N) is 1. The number of hydrogen-bond acceptors (Lipinski definition) is 4. The fourth-order valence-corrected chi connectivity index (χ4v) is 3.57. The van der Waals surface area contributed by atoms with Gasteiger partial charge in [-0.2, -0.15) is 5.10 Å². The van der Waals surface area contributed by atoms with Gasteiger partial charge in [-0.05, 0) is 37.3 Å². The Balaban J connectivity index is 1.58. The number of pyridine rings is 2. The minimum Gasteiger partial charge on any atom is -0.381 e. The lowest BCUT2D eigenvalue weighted by Crippen LogP contribution is -2.26. The van der Waals surface area contributed by atoms with Crippen LogP contribution in [0.1, 0.15) is 33.1 Å². The fraction of sp³-hybridized carbons (Fsp3) is 0.381. The lowest BCUT2D eigenvalue weighted by Gasteiger charge is -2.27. The van der Waals surface area contributed by atoms with E-state index < -0.39 is 0 Å². The SMILES string of the molecule is CC(C)Cn1cc(-n2cc(-c3ncc(NC4CCC4)cc3Cl)cn2)ccc1=O. The molecule has 0 aliphatic heterocycles. The summed E-state index contributed by atoms with van der Waals surface area (Å²) in [6.45, 7) is 4.84. The van der Waals surface area contributed by atoms with E-state index in [2.05, 4.69) is 29.2 Å². The van der Waals surface area contributed by atoms with Crippen LogP contribution in [-0.2, 0) is 6.54 Å². The molecule has 0 radical (unpaired) electrons. The van der Waals surface area contributed by atoms with Gasteiger partial charge in [-0.15, -0.1) is 0 Å². The molecule has 1 aliphatic rings. The van der Waals surface area contributed by atoms with Crippen molar-refractivity contribution in [3.63, 3.8) is 0 Å². The highest BCUT2D eigenvalue weighted by atomic mass is 35.5. The lowest BCUT2D eigenvalue weighted by atomic mass is 9.93. The van der Waals surface area contributed by atoms with Crippen LogP contribution >= 0.6 is 11.6 Å². The van der Waals surface area contributed by atoms with Gasteiger partial charge in [-0.1, -0.05) is 25.4 Å². The molecule has 4 rings (SSSR count). The first kappa shape index (κ1) is 18.7. The first-order valence-electron chi connectivity index (χ1n) is 9.67. The van der Waals surface area contributed by atoms with Crippen LogP contribution in [0.2, 0.25) is 5.02 Å². The van der Waals surface area contributed by atoms with Crippen molar-refractivity contribution in [2.45, 2.75) is 45.7 Å². The molecule has 28 heavy (non-hydrogen) atoms. The molecule has 0 spiro atoms. The molecule has 146 valence electrons. The molecular weight excluding hydrogens is 374 g/mol. The van der Waals surface area contributed by atoms with Gasteiger partial charge in [0.2, 0.25) is 0 Å². The van der Waals surface area contributed by atoms with Crippen molar-refractivity contribution < 1.29 is 0 Å². The first-order valence-corrected chi connectivity index (χ1v) is 10.1. The first-order chi connectivity index (χ1) is 13.5. The Hall–Kier alpha value is -2.60. The van der Waals surface area contributed by atoms with Gasteiger partial charge in [0.25, 0.3) is 5.56 Å². The zero-order chi connectivity index (χ0) is 19.7. The highest BCUT2D eigenvalue weighted by molar-refractivity contribution is 6.33. The molecule has 0 unspecified atom stereocenters. The Morgan fingerprint density at radius 1 is 1.25 bits per heavy atom. The lowest BCUT2D eigenvalue weighted by molar-refractivity contribution is 0.445. The molecule has 0 amide bonds. The van der Waals surface area contributed by atoms with Crippen LogP contribution in [0.25, 0.3) is 16.9 Å². The van der Waals surface area contributed by atoms with Crippen LogP contribution in [-0.4, -0.2) is 25.4 Å². The largest absolute Gasteiger partial charge is 0.381 e. The van der Waals surface area contributed by atoms with Gasteiger partial charge in [-0.25, -0.2) is 4.68 Å². The molecule has 0 saturated heterocycles. The van der Waals surface area contributed by atoms with Crippen molar-refractivity contribution in [3.05, 3.63) is 58.4 Å². The maximum absolute atomic E-state index is 12.0. The zero-order valence-electron chi connectivity index (χ0n) is 16.1. The van der Waals surface area contributed by atoms with Gasteiger partial charge in [0.05, 0.1) is 34.5 Å². The summed E-state index contributed by atoms with van der Waals surface area (Å²) in [5.74, 6) is 0.385. The second-order valence-corrected chi connectivity index (χ2v) is 8.18. The van der Waals surface area contributed by atoms with Crippen LogP contribution in [0.3, 0.4) is 0 Å². The molecule has 3 heterocycles. The zero-order valence-corrected chi connectivity index (χ0v) is 16.9. The molecule has 1 N–H and O–H groups in total. The smallest absolute Gasteiger partial charge is 0.250 e. The molecule has 7 heteroatoms. The van der Waals surface area contributed by atoms with Gasteiger partial charge in [0.1, 0.15) is 0 Å². The van der Waals surface area contributed by atoms with Gasteiger partial charge in [0, 0.05) is 36.6 Å². The highest BCUT2D eigenvalue weighted by Crippen LogP contribution is 2.30. The summed E-state index contributed by atoms with van der Waals surface area (Å²) in [4.78, 5) is 16.6. The average molecular weight is 398 g/mol. The summed E-state index contributed by atoms with van der Waals surface area (Å²) in [6, 6.07) is 5.80. The van der Waals surface area contributed by atoms with E-state index in [-0.39, 0.29) is 5.56 Å². The molecule has 3 aromatic rings. The molecule has 3 aromatic heterocycles. The number of rotatable bonds is 6. The van der Waals surface area contributed by atoms with E-state index in [0.717, 1.165) is 16.9 Å². The maximum Gasteiger partial charge on any atom is 0.250 e.